The zero-order chi connectivity index (χ0) is 19.1. The van der Waals surface area contributed by atoms with E-state index in [2.05, 4.69) is 5.32 Å². The Labute approximate surface area is 154 Å². The van der Waals surface area contributed by atoms with Gasteiger partial charge in [-0.1, -0.05) is 41.9 Å². The van der Waals surface area contributed by atoms with Gasteiger partial charge < -0.3 is 10.1 Å². The topological polar surface area (TPSA) is 98.5 Å². The van der Waals surface area contributed by atoms with Crippen molar-refractivity contribution in [3.63, 3.8) is 0 Å². The van der Waals surface area contributed by atoms with Gasteiger partial charge in [-0.2, -0.15) is 0 Å². The maximum absolute atomic E-state index is 12.1. The SMILES string of the molecule is C[C@H](OC(=O)/C=C/c1ccccc1)C(=O)Nc1ccc([N+](=O)[O-])cc1Cl. The highest BCUT2D eigenvalue weighted by atomic mass is 35.5. The molecule has 2 aromatic rings. The lowest BCUT2D eigenvalue weighted by molar-refractivity contribution is -0.384. The average molecular weight is 375 g/mol. The van der Waals surface area contributed by atoms with Crippen LogP contribution in [0.2, 0.25) is 5.02 Å². The largest absolute Gasteiger partial charge is 0.449 e. The number of carbonyl (C=O) groups is 2. The molecule has 0 aliphatic rings. The summed E-state index contributed by atoms with van der Waals surface area (Å²) in [5, 5.41) is 13.1. The maximum Gasteiger partial charge on any atom is 0.331 e. The number of anilines is 1. The number of rotatable bonds is 6. The minimum atomic E-state index is -1.07. The quantitative estimate of drug-likeness (QED) is 0.358. The molecular formula is C18H15ClN2O5. The fourth-order valence-electron chi connectivity index (χ4n) is 1.95. The highest BCUT2D eigenvalue weighted by Crippen LogP contribution is 2.26. The zero-order valence-corrected chi connectivity index (χ0v) is 14.5. The number of nitrogens with zero attached hydrogens (tertiary/aromatic N) is 1. The number of amides is 1. The average Bonchev–Trinajstić information content (AvgIpc) is 2.62. The van der Waals surface area contributed by atoms with Crippen LogP contribution in [0.15, 0.2) is 54.6 Å². The normalized spacial score (nSPS) is 11.8. The first-order chi connectivity index (χ1) is 12.4. The highest BCUT2D eigenvalue weighted by Gasteiger charge is 2.18. The molecule has 0 unspecified atom stereocenters. The van der Waals surface area contributed by atoms with E-state index in [1.165, 1.54) is 25.1 Å². The number of halogens is 1. The Bertz CT molecular complexity index is 852. The number of hydrogen-bond acceptors (Lipinski definition) is 5. The van der Waals surface area contributed by atoms with Crippen molar-refractivity contribution < 1.29 is 19.2 Å². The minimum Gasteiger partial charge on any atom is -0.449 e. The molecule has 2 aromatic carbocycles. The highest BCUT2D eigenvalue weighted by molar-refractivity contribution is 6.34. The van der Waals surface area contributed by atoms with Crippen molar-refractivity contribution in [3.05, 3.63) is 75.3 Å². The molecule has 0 heterocycles. The van der Waals surface area contributed by atoms with Crippen molar-refractivity contribution in [1.29, 1.82) is 0 Å². The van der Waals surface area contributed by atoms with Crippen LogP contribution in [0.25, 0.3) is 6.08 Å². The van der Waals surface area contributed by atoms with Gasteiger partial charge in [-0.05, 0) is 24.6 Å². The number of benzene rings is 2. The predicted molar refractivity (Wildman–Crippen MR) is 97.8 cm³/mol. The lowest BCUT2D eigenvalue weighted by Gasteiger charge is -2.13. The molecule has 0 radical (unpaired) electrons. The lowest BCUT2D eigenvalue weighted by atomic mass is 10.2. The second-order valence-electron chi connectivity index (χ2n) is 5.23. The predicted octanol–water partition coefficient (Wildman–Crippen LogP) is 3.83. The van der Waals surface area contributed by atoms with Crippen molar-refractivity contribution in [1.82, 2.24) is 0 Å². The number of nitro groups is 1. The summed E-state index contributed by atoms with van der Waals surface area (Å²) >= 11 is 5.91. The molecule has 1 N–H and O–H groups in total. The molecular weight excluding hydrogens is 360 g/mol. The summed E-state index contributed by atoms with van der Waals surface area (Å²) in [6.07, 6.45) is 1.71. The number of hydrogen-bond donors (Lipinski definition) is 1. The smallest absolute Gasteiger partial charge is 0.331 e. The molecule has 0 fully saturated rings. The molecule has 2 rings (SSSR count). The van der Waals surface area contributed by atoms with Gasteiger partial charge in [0.2, 0.25) is 0 Å². The van der Waals surface area contributed by atoms with Crippen molar-refractivity contribution in [3.8, 4) is 0 Å². The standard InChI is InChI=1S/C18H15ClN2O5/c1-12(26-17(22)10-7-13-5-3-2-4-6-13)18(23)20-16-9-8-14(21(24)25)11-15(16)19/h2-12H,1H3,(H,20,23)/b10-7+/t12-/m0/s1. The lowest BCUT2D eigenvalue weighted by Crippen LogP contribution is -2.29. The van der Waals surface area contributed by atoms with Crippen LogP contribution in [-0.4, -0.2) is 22.9 Å². The number of carbonyl (C=O) groups excluding carboxylic acids is 2. The second-order valence-corrected chi connectivity index (χ2v) is 5.64. The van der Waals surface area contributed by atoms with E-state index < -0.39 is 22.9 Å². The summed E-state index contributed by atoms with van der Waals surface area (Å²) in [6, 6.07) is 12.8. The van der Waals surface area contributed by atoms with E-state index in [4.69, 9.17) is 16.3 Å². The van der Waals surface area contributed by atoms with Crippen molar-refractivity contribution in [2.75, 3.05) is 5.32 Å². The van der Waals surface area contributed by atoms with Crippen LogP contribution in [0.5, 0.6) is 0 Å². The molecule has 0 saturated heterocycles. The van der Waals surface area contributed by atoms with Crippen molar-refractivity contribution in [2.45, 2.75) is 13.0 Å². The first-order valence-corrected chi connectivity index (χ1v) is 7.93. The Morgan fingerprint density at radius 2 is 1.92 bits per heavy atom. The van der Waals surface area contributed by atoms with Gasteiger partial charge in [0.05, 0.1) is 15.6 Å². The third-order valence-corrected chi connectivity index (χ3v) is 3.61. The molecule has 1 amide bonds. The monoisotopic (exact) mass is 374 g/mol. The van der Waals surface area contributed by atoms with Gasteiger partial charge in [-0.15, -0.1) is 0 Å². The van der Waals surface area contributed by atoms with E-state index >= 15 is 0 Å². The first-order valence-electron chi connectivity index (χ1n) is 7.55. The van der Waals surface area contributed by atoms with Crippen molar-refractivity contribution >= 4 is 40.9 Å². The summed E-state index contributed by atoms with van der Waals surface area (Å²) in [6.45, 7) is 1.41. The number of nitrogens with one attached hydrogen (secondary N) is 1. The molecule has 0 aliphatic heterocycles. The van der Waals surface area contributed by atoms with Crippen LogP contribution in [0.3, 0.4) is 0 Å². The molecule has 0 aliphatic carbocycles. The van der Waals surface area contributed by atoms with Crippen LogP contribution in [-0.2, 0) is 14.3 Å². The molecule has 1 atom stereocenters. The molecule has 8 heteroatoms. The van der Waals surface area contributed by atoms with Gasteiger partial charge in [-0.25, -0.2) is 4.79 Å². The third kappa shape index (κ3) is 5.42. The molecule has 26 heavy (non-hydrogen) atoms. The van der Waals surface area contributed by atoms with Crippen LogP contribution in [0.1, 0.15) is 12.5 Å². The number of esters is 1. The summed E-state index contributed by atoms with van der Waals surface area (Å²) in [5.74, 6) is -1.28. The van der Waals surface area contributed by atoms with Gasteiger partial charge >= 0.3 is 5.97 Å². The second kappa shape index (κ2) is 8.77. The molecule has 0 aromatic heterocycles. The molecule has 0 spiro atoms. The Morgan fingerprint density at radius 3 is 2.54 bits per heavy atom. The van der Waals surface area contributed by atoms with Crippen molar-refractivity contribution in [2.24, 2.45) is 0 Å². The van der Waals surface area contributed by atoms with Gasteiger partial charge in [-0.3, -0.25) is 14.9 Å². The molecule has 134 valence electrons. The summed E-state index contributed by atoms with van der Waals surface area (Å²) in [4.78, 5) is 33.9. The van der Waals surface area contributed by atoms with Gasteiger partial charge in [0, 0.05) is 18.2 Å². The number of non-ortho nitro benzene ring substituents is 1. The number of nitro benzene ring substituents is 1. The summed E-state index contributed by atoms with van der Waals surface area (Å²) in [7, 11) is 0. The van der Waals surface area contributed by atoms with Crippen LogP contribution >= 0.6 is 11.6 Å². The minimum absolute atomic E-state index is 0.00931. The Balaban J connectivity index is 1.94. The Kier molecular flexibility index (Phi) is 6.46. The van der Waals surface area contributed by atoms with Gasteiger partial charge in [0.25, 0.3) is 11.6 Å². The summed E-state index contributed by atoms with van der Waals surface area (Å²) in [5.41, 5.74) is 0.808. The summed E-state index contributed by atoms with van der Waals surface area (Å²) < 4.78 is 5.02. The third-order valence-electron chi connectivity index (χ3n) is 3.29. The van der Waals surface area contributed by atoms with Gasteiger partial charge in [0.1, 0.15) is 0 Å². The van der Waals surface area contributed by atoms with E-state index in [0.29, 0.717) is 0 Å². The molecule has 0 bridgehead atoms. The Hall–Kier alpha value is -3.19. The van der Waals surface area contributed by atoms with E-state index in [9.17, 15) is 19.7 Å². The van der Waals surface area contributed by atoms with E-state index in [1.807, 2.05) is 30.3 Å². The van der Waals surface area contributed by atoms with Gasteiger partial charge in [0.15, 0.2) is 6.10 Å². The first kappa shape index (κ1) is 19.1. The van der Waals surface area contributed by atoms with Crippen LogP contribution in [0, 0.1) is 10.1 Å². The Morgan fingerprint density at radius 1 is 1.23 bits per heavy atom. The number of ether oxygens (including phenoxy) is 1. The van der Waals surface area contributed by atoms with E-state index in [1.54, 1.807) is 6.08 Å². The molecule has 7 nitrogen and oxygen atoms in total. The van der Waals surface area contributed by atoms with E-state index in [0.717, 1.165) is 11.6 Å². The fraction of sp³-hybridized carbons (Fsp3) is 0.111. The van der Waals surface area contributed by atoms with Crippen LogP contribution < -0.4 is 5.32 Å². The van der Waals surface area contributed by atoms with Crippen LogP contribution in [0.4, 0.5) is 11.4 Å². The molecule has 0 saturated carbocycles. The fourth-order valence-corrected chi connectivity index (χ4v) is 2.17. The van der Waals surface area contributed by atoms with E-state index in [-0.39, 0.29) is 16.4 Å². The maximum atomic E-state index is 12.1. The zero-order valence-electron chi connectivity index (χ0n) is 13.7.